The van der Waals surface area contributed by atoms with E-state index in [9.17, 15) is 13.2 Å². The number of carbonyl (C=O) groups excluding carboxylic acids is 1. The van der Waals surface area contributed by atoms with Crippen LogP contribution in [0, 0.1) is 6.92 Å². The summed E-state index contributed by atoms with van der Waals surface area (Å²) >= 11 is 0. The Balaban J connectivity index is 1.86. The van der Waals surface area contributed by atoms with E-state index in [1.165, 1.54) is 4.31 Å². The Morgan fingerprint density at radius 2 is 2.00 bits per heavy atom. The van der Waals surface area contributed by atoms with Crippen molar-refractivity contribution in [1.29, 1.82) is 0 Å². The van der Waals surface area contributed by atoms with Crippen molar-refractivity contribution in [2.24, 2.45) is 0 Å². The summed E-state index contributed by atoms with van der Waals surface area (Å²) in [5.74, 6) is 0.593. The number of ether oxygens (including phenoxy) is 1. The number of hydrogen-bond acceptors (Lipinski definition) is 4. The van der Waals surface area contributed by atoms with Gasteiger partial charge >= 0.3 is 0 Å². The fraction of sp³-hybridized carbons (Fsp3) is 0.562. The van der Waals surface area contributed by atoms with Crippen LogP contribution in [0.5, 0.6) is 5.75 Å². The van der Waals surface area contributed by atoms with E-state index in [2.05, 4.69) is 0 Å². The molecule has 1 unspecified atom stereocenters. The molecule has 0 aromatic heterocycles. The second kappa shape index (κ2) is 7.31. The average molecular weight is 340 g/mol. The molecule has 1 aromatic rings. The van der Waals surface area contributed by atoms with Crippen LogP contribution >= 0.6 is 0 Å². The number of sulfonamides is 1. The van der Waals surface area contributed by atoms with Crippen LogP contribution in [-0.2, 0) is 14.8 Å². The molecule has 1 fully saturated rings. The van der Waals surface area contributed by atoms with E-state index in [1.807, 2.05) is 31.2 Å². The van der Waals surface area contributed by atoms with E-state index < -0.39 is 16.1 Å². The molecule has 23 heavy (non-hydrogen) atoms. The molecule has 7 heteroatoms. The van der Waals surface area contributed by atoms with E-state index in [4.69, 9.17) is 4.74 Å². The molecule has 0 radical (unpaired) electrons. The number of aryl methyl sites for hydroxylation is 1. The van der Waals surface area contributed by atoms with Crippen LogP contribution in [0.4, 0.5) is 0 Å². The number of nitrogens with zero attached hydrogens (tertiary/aromatic N) is 2. The van der Waals surface area contributed by atoms with E-state index in [-0.39, 0.29) is 5.91 Å². The highest BCUT2D eigenvalue weighted by Gasteiger charge is 2.37. The van der Waals surface area contributed by atoms with Gasteiger partial charge in [-0.3, -0.25) is 4.79 Å². The lowest BCUT2D eigenvalue weighted by molar-refractivity contribution is -0.133. The van der Waals surface area contributed by atoms with Gasteiger partial charge in [0.2, 0.25) is 15.9 Å². The van der Waals surface area contributed by atoms with Crippen LogP contribution in [0.15, 0.2) is 24.3 Å². The van der Waals surface area contributed by atoms with Gasteiger partial charge in [0.05, 0.1) is 12.8 Å². The van der Waals surface area contributed by atoms with Crippen molar-refractivity contribution in [2.45, 2.75) is 25.8 Å². The topological polar surface area (TPSA) is 66.9 Å². The number of amides is 1. The lowest BCUT2D eigenvalue weighted by atomic mass is 10.2. The molecule has 2 rings (SSSR count). The van der Waals surface area contributed by atoms with Crippen molar-refractivity contribution in [2.75, 3.05) is 33.0 Å². The third-order valence-corrected chi connectivity index (χ3v) is 5.30. The maximum atomic E-state index is 12.5. The Morgan fingerprint density at radius 1 is 1.35 bits per heavy atom. The number of rotatable bonds is 6. The second-order valence-electron chi connectivity index (χ2n) is 5.95. The van der Waals surface area contributed by atoms with Crippen molar-refractivity contribution in [1.82, 2.24) is 9.21 Å². The SMILES string of the molecule is Cc1ccc(OCCN(C)C(=O)C2CCCN2S(C)(=O)=O)cc1. The summed E-state index contributed by atoms with van der Waals surface area (Å²) in [6.07, 6.45) is 2.45. The third-order valence-electron chi connectivity index (χ3n) is 4.01. The van der Waals surface area contributed by atoms with E-state index >= 15 is 0 Å². The molecule has 0 N–H and O–H groups in total. The summed E-state index contributed by atoms with van der Waals surface area (Å²) in [6, 6.07) is 7.13. The van der Waals surface area contributed by atoms with Crippen molar-refractivity contribution in [3.63, 3.8) is 0 Å². The fourth-order valence-corrected chi connectivity index (χ4v) is 3.80. The molecular weight excluding hydrogens is 316 g/mol. The second-order valence-corrected chi connectivity index (χ2v) is 7.89. The van der Waals surface area contributed by atoms with Gasteiger partial charge in [0.15, 0.2) is 0 Å². The van der Waals surface area contributed by atoms with Crippen LogP contribution in [0.25, 0.3) is 0 Å². The normalized spacial score (nSPS) is 18.8. The van der Waals surface area contributed by atoms with Gasteiger partial charge in [-0.2, -0.15) is 4.31 Å². The highest BCUT2D eigenvalue weighted by molar-refractivity contribution is 7.88. The minimum Gasteiger partial charge on any atom is -0.492 e. The Morgan fingerprint density at radius 3 is 2.61 bits per heavy atom. The molecule has 1 atom stereocenters. The largest absolute Gasteiger partial charge is 0.492 e. The first-order valence-corrected chi connectivity index (χ1v) is 9.55. The summed E-state index contributed by atoms with van der Waals surface area (Å²) in [5.41, 5.74) is 1.16. The minimum absolute atomic E-state index is 0.166. The highest BCUT2D eigenvalue weighted by atomic mass is 32.2. The van der Waals surface area contributed by atoms with Gasteiger partial charge in [-0.05, 0) is 31.9 Å². The van der Waals surface area contributed by atoms with Crippen molar-refractivity contribution < 1.29 is 17.9 Å². The number of benzene rings is 1. The van der Waals surface area contributed by atoms with E-state index in [0.717, 1.165) is 24.0 Å². The molecule has 0 spiro atoms. The Kier molecular flexibility index (Phi) is 5.64. The summed E-state index contributed by atoms with van der Waals surface area (Å²) in [6.45, 7) is 3.21. The molecule has 1 saturated heterocycles. The molecule has 1 aliphatic heterocycles. The van der Waals surface area contributed by atoms with Gasteiger partial charge in [0.25, 0.3) is 0 Å². The maximum Gasteiger partial charge on any atom is 0.240 e. The molecule has 1 heterocycles. The third kappa shape index (κ3) is 4.68. The van der Waals surface area contributed by atoms with Crippen LogP contribution in [0.2, 0.25) is 0 Å². The average Bonchev–Trinajstić information content (AvgIpc) is 2.98. The van der Waals surface area contributed by atoms with Crippen LogP contribution in [0.3, 0.4) is 0 Å². The van der Waals surface area contributed by atoms with Crippen molar-refractivity contribution in [3.8, 4) is 5.75 Å². The highest BCUT2D eigenvalue weighted by Crippen LogP contribution is 2.21. The van der Waals surface area contributed by atoms with Gasteiger partial charge in [-0.1, -0.05) is 17.7 Å². The van der Waals surface area contributed by atoms with Crippen LogP contribution in [-0.4, -0.2) is 62.6 Å². The lowest BCUT2D eigenvalue weighted by Crippen LogP contribution is -2.47. The lowest BCUT2D eigenvalue weighted by Gasteiger charge is -2.26. The Bertz CT molecular complexity index is 643. The van der Waals surface area contributed by atoms with Crippen LogP contribution in [0.1, 0.15) is 18.4 Å². The summed E-state index contributed by atoms with van der Waals surface area (Å²) < 4.78 is 30.4. The molecule has 0 saturated carbocycles. The summed E-state index contributed by atoms with van der Waals surface area (Å²) in [7, 11) is -1.66. The first kappa shape index (κ1) is 17.7. The molecule has 0 aliphatic carbocycles. The minimum atomic E-state index is -3.34. The van der Waals surface area contributed by atoms with Crippen LogP contribution < -0.4 is 4.74 Å². The van der Waals surface area contributed by atoms with Gasteiger partial charge in [-0.25, -0.2) is 8.42 Å². The first-order valence-electron chi connectivity index (χ1n) is 7.70. The predicted octanol–water partition coefficient (Wildman–Crippen LogP) is 1.26. The number of likely N-dealkylation sites (N-methyl/N-ethyl adjacent to an activating group) is 1. The number of hydrogen-bond donors (Lipinski definition) is 0. The van der Waals surface area contributed by atoms with Gasteiger partial charge in [0.1, 0.15) is 18.4 Å². The zero-order valence-electron chi connectivity index (χ0n) is 13.9. The molecule has 1 aromatic carbocycles. The van der Waals surface area contributed by atoms with Crippen molar-refractivity contribution >= 4 is 15.9 Å². The zero-order valence-corrected chi connectivity index (χ0v) is 14.7. The smallest absolute Gasteiger partial charge is 0.240 e. The van der Waals surface area contributed by atoms with Gasteiger partial charge < -0.3 is 9.64 Å². The molecule has 1 aliphatic rings. The van der Waals surface area contributed by atoms with E-state index in [0.29, 0.717) is 26.1 Å². The Labute approximate surface area is 138 Å². The number of carbonyl (C=O) groups is 1. The van der Waals surface area contributed by atoms with Gasteiger partial charge in [-0.15, -0.1) is 0 Å². The summed E-state index contributed by atoms with van der Waals surface area (Å²) in [4.78, 5) is 14.0. The van der Waals surface area contributed by atoms with Crippen molar-refractivity contribution in [3.05, 3.63) is 29.8 Å². The quantitative estimate of drug-likeness (QED) is 0.782. The predicted molar refractivity (Wildman–Crippen MR) is 88.9 cm³/mol. The zero-order chi connectivity index (χ0) is 17.0. The molecule has 1 amide bonds. The first-order chi connectivity index (χ1) is 10.8. The Hall–Kier alpha value is -1.60. The maximum absolute atomic E-state index is 12.5. The fourth-order valence-electron chi connectivity index (χ4n) is 2.68. The monoisotopic (exact) mass is 340 g/mol. The standard InChI is InChI=1S/C16H24N2O4S/c1-13-6-8-14(9-7-13)22-12-11-17(2)16(19)15-5-4-10-18(15)23(3,20)21/h6-9,15H,4-5,10-12H2,1-3H3. The molecular formula is C16H24N2O4S. The van der Waals surface area contributed by atoms with E-state index in [1.54, 1.807) is 11.9 Å². The molecule has 128 valence electrons. The molecule has 0 bridgehead atoms. The summed E-state index contributed by atoms with van der Waals surface area (Å²) in [5, 5.41) is 0. The van der Waals surface area contributed by atoms with Gasteiger partial charge in [0, 0.05) is 13.6 Å². The molecule has 6 nitrogen and oxygen atoms in total.